The van der Waals surface area contributed by atoms with Crippen molar-refractivity contribution in [2.75, 3.05) is 19.8 Å². The first-order chi connectivity index (χ1) is 10.1. The van der Waals surface area contributed by atoms with E-state index in [0.29, 0.717) is 41.9 Å². The summed E-state index contributed by atoms with van der Waals surface area (Å²) < 4.78 is 16.6. The molecule has 2 atom stereocenters. The van der Waals surface area contributed by atoms with E-state index in [1.807, 2.05) is 20.8 Å². The fraction of sp³-hybridized carbons (Fsp3) is 0.562. The largest absolute Gasteiger partial charge is 0.490 e. The zero-order valence-corrected chi connectivity index (χ0v) is 13.4. The number of hydrogen-bond acceptors (Lipinski definition) is 4. The molecule has 0 spiro atoms. The van der Waals surface area contributed by atoms with Crippen molar-refractivity contribution in [3.8, 4) is 11.5 Å². The molecule has 0 amide bonds. The molecule has 1 aromatic carbocycles. The van der Waals surface area contributed by atoms with E-state index >= 15 is 0 Å². The molecule has 0 aliphatic carbocycles. The summed E-state index contributed by atoms with van der Waals surface area (Å²) >= 11 is 6.25. The van der Waals surface area contributed by atoms with Crippen molar-refractivity contribution in [3.05, 3.63) is 22.7 Å². The summed E-state index contributed by atoms with van der Waals surface area (Å²) in [4.78, 5) is 12.6. The molecule has 0 N–H and O–H groups in total. The van der Waals surface area contributed by atoms with Gasteiger partial charge in [0.1, 0.15) is 6.10 Å². The number of ketones is 1. The Morgan fingerprint density at radius 3 is 2.43 bits per heavy atom. The van der Waals surface area contributed by atoms with Gasteiger partial charge in [-0.25, -0.2) is 0 Å². The van der Waals surface area contributed by atoms with Gasteiger partial charge >= 0.3 is 0 Å². The van der Waals surface area contributed by atoms with Crippen molar-refractivity contribution in [1.82, 2.24) is 0 Å². The lowest BCUT2D eigenvalue weighted by molar-refractivity contribution is 0.0579. The third-order valence-electron chi connectivity index (χ3n) is 3.54. The molecule has 1 aliphatic rings. The van der Waals surface area contributed by atoms with E-state index in [1.54, 1.807) is 12.1 Å². The highest BCUT2D eigenvalue weighted by Crippen LogP contribution is 2.35. The lowest BCUT2D eigenvalue weighted by Crippen LogP contribution is -2.25. The van der Waals surface area contributed by atoms with Crippen LogP contribution in [0.1, 0.15) is 37.6 Å². The van der Waals surface area contributed by atoms with Crippen LogP contribution in [0.2, 0.25) is 5.02 Å². The number of hydrogen-bond donors (Lipinski definition) is 0. The van der Waals surface area contributed by atoms with Crippen LogP contribution in [0.15, 0.2) is 12.1 Å². The van der Waals surface area contributed by atoms with Crippen molar-refractivity contribution in [3.63, 3.8) is 0 Å². The van der Waals surface area contributed by atoms with Crippen LogP contribution in [0.5, 0.6) is 11.5 Å². The van der Waals surface area contributed by atoms with Crippen molar-refractivity contribution >= 4 is 17.4 Å². The molecule has 2 rings (SSSR count). The van der Waals surface area contributed by atoms with Crippen LogP contribution in [0, 0.1) is 5.92 Å². The lowest BCUT2D eigenvalue weighted by atomic mass is 9.96. The fourth-order valence-electron chi connectivity index (χ4n) is 2.44. The minimum absolute atomic E-state index is 0.0889. The van der Waals surface area contributed by atoms with Gasteiger partial charge in [0.05, 0.1) is 18.2 Å². The van der Waals surface area contributed by atoms with Crippen molar-refractivity contribution in [1.29, 1.82) is 0 Å². The van der Waals surface area contributed by atoms with Crippen LogP contribution < -0.4 is 9.47 Å². The Bertz CT molecular complexity index is 515. The molecule has 1 heterocycles. The Morgan fingerprint density at radius 1 is 1.29 bits per heavy atom. The van der Waals surface area contributed by atoms with E-state index in [0.717, 1.165) is 6.42 Å². The van der Waals surface area contributed by atoms with Gasteiger partial charge in [-0.3, -0.25) is 4.79 Å². The van der Waals surface area contributed by atoms with Crippen LogP contribution in [-0.2, 0) is 4.74 Å². The predicted molar refractivity (Wildman–Crippen MR) is 81.6 cm³/mol. The molecule has 2 unspecified atom stereocenters. The maximum atomic E-state index is 12.6. The van der Waals surface area contributed by atoms with Gasteiger partial charge in [0.2, 0.25) is 0 Å². The molecular formula is C16H21ClO4. The Labute approximate surface area is 130 Å². The molecular weight excluding hydrogens is 292 g/mol. The van der Waals surface area contributed by atoms with Crippen molar-refractivity contribution in [2.24, 2.45) is 5.92 Å². The van der Waals surface area contributed by atoms with Crippen LogP contribution in [0.25, 0.3) is 0 Å². The molecule has 0 aromatic heterocycles. The van der Waals surface area contributed by atoms with Gasteiger partial charge < -0.3 is 14.2 Å². The van der Waals surface area contributed by atoms with E-state index in [2.05, 4.69) is 0 Å². The second-order valence-electron chi connectivity index (χ2n) is 5.07. The number of halogens is 1. The number of benzene rings is 1. The van der Waals surface area contributed by atoms with Crippen molar-refractivity contribution in [2.45, 2.75) is 33.3 Å². The molecule has 4 nitrogen and oxygen atoms in total. The van der Waals surface area contributed by atoms with Crippen LogP contribution in [0.4, 0.5) is 0 Å². The highest BCUT2D eigenvalue weighted by Gasteiger charge is 2.33. The molecule has 1 saturated heterocycles. The minimum atomic E-state index is -0.421. The van der Waals surface area contributed by atoms with E-state index in [9.17, 15) is 4.79 Å². The van der Waals surface area contributed by atoms with Crippen LogP contribution in [0.3, 0.4) is 0 Å². The Balaban J connectivity index is 2.34. The second kappa shape index (κ2) is 7.14. The molecule has 1 aliphatic heterocycles. The molecule has 0 saturated carbocycles. The van der Waals surface area contributed by atoms with Crippen molar-refractivity contribution < 1.29 is 19.0 Å². The molecule has 0 radical (unpaired) electrons. The quantitative estimate of drug-likeness (QED) is 0.751. The average Bonchev–Trinajstić information content (AvgIpc) is 2.87. The first-order valence-electron chi connectivity index (χ1n) is 7.33. The lowest BCUT2D eigenvalue weighted by Gasteiger charge is -2.17. The maximum Gasteiger partial charge on any atom is 0.193 e. The van der Waals surface area contributed by atoms with Gasteiger partial charge in [-0.05, 0) is 32.3 Å². The molecule has 21 heavy (non-hydrogen) atoms. The summed E-state index contributed by atoms with van der Waals surface area (Å²) in [5.41, 5.74) is 0.433. The van der Waals surface area contributed by atoms with Crippen LogP contribution in [-0.4, -0.2) is 31.7 Å². The third kappa shape index (κ3) is 3.50. The Hall–Kier alpha value is -1.26. The monoisotopic (exact) mass is 312 g/mol. The number of carbonyl (C=O) groups excluding carboxylic acids is 1. The summed E-state index contributed by atoms with van der Waals surface area (Å²) in [7, 11) is 0. The van der Waals surface area contributed by atoms with Gasteiger partial charge in [-0.15, -0.1) is 0 Å². The zero-order valence-electron chi connectivity index (χ0n) is 12.6. The second-order valence-corrected chi connectivity index (χ2v) is 5.47. The fourth-order valence-corrected chi connectivity index (χ4v) is 2.69. The molecule has 5 heteroatoms. The first kappa shape index (κ1) is 16.1. The summed E-state index contributed by atoms with van der Waals surface area (Å²) in [6, 6.07) is 3.30. The standard InChI is InChI=1S/C16H21ClO4/c1-4-19-13-8-11(12(17)9-14(13)20-5-2)15(18)16-10(3)6-7-21-16/h8-10,16H,4-7H2,1-3H3. The smallest absolute Gasteiger partial charge is 0.193 e. The van der Waals surface area contributed by atoms with E-state index < -0.39 is 6.10 Å². The average molecular weight is 313 g/mol. The summed E-state index contributed by atoms with van der Waals surface area (Å²) in [5, 5.41) is 0.370. The van der Waals surface area contributed by atoms with Gasteiger partial charge in [0.25, 0.3) is 0 Å². The summed E-state index contributed by atoms with van der Waals surface area (Å²) in [6.45, 7) is 7.40. The number of carbonyl (C=O) groups is 1. The van der Waals surface area contributed by atoms with E-state index in [-0.39, 0.29) is 11.7 Å². The Kier molecular flexibility index (Phi) is 5.48. The highest BCUT2D eigenvalue weighted by molar-refractivity contribution is 6.34. The summed E-state index contributed by atoms with van der Waals surface area (Å²) in [6.07, 6.45) is 0.471. The van der Waals surface area contributed by atoms with E-state index in [1.165, 1.54) is 0 Å². The SMILES string of the molecule is CCOc1cc(Cl)c(C(=O)C2OCCC2C)cc1OCC. The molecule has 116 valence electrons. The van der Waals surface area contributed by atoms with Gasteiger partial charge in [-0.2, -0.15) is 0 Å². The number of rotatable bonds is 6. The third-order valence-corrected chi connectivity index (χ3v) is 3.86. The van der Waals surface area contributed by atoms with Gasteiger partial charge in [-0.1, -0.05) is 18.5 Å². The van der Waals surface area contributed by atoms with Crippen LogP contribution >= 0.6 is 11.6 Å². The highest BCUT2D eigenvalue weighted by atomic mass is 35.5. The predicted octanol–water partition coefficient (Wildman–Crippen LogP) is 3.75. The Morgan fingerprint density at radius 2 is 1.90 bits per heavy atom. The first-order valence-corrected chi connectivity index (χ1v) is 7.71. The topological polar surface area (TPSA) is 44.8 Å². The summed E-state index contributed by atoms with van der Waals surface area (Å²) in [5.74, 6) is 1.21. The minimum Gasteiger partial charge on any atom is -0.490 e. The number of Topliss-reactive ketones (excluding diaryl/α,β-unsaturated/α-hetero) is 1. The van der Waals surface area contributed by atoms with Gasteiger partial charge in [0, 0.05) is 18.2 Å². The van der Waals surface area contributed by atoms with E-state index in [4.69, 9.17) is 25.8 Å². The molecule has 0 bridgehead atoms. The zero-order chi connectivity index (χ0) is 15.4. The maximum absolute atomic E-state index is 12.6. The normalized spacial score (nSPS) is 21.3. The number of ether oxygens (including phenoxy) is 3. The van der Waals surface area contributed by atoms with Gasteiger partial charge in [0.15, 0.2) is 17.3 Å². The molecule has 1 fully saturated rings. The molecule has 1 aromatic rings.